The molecule has 0 radical (unpaired) electrons. The van der Waals surface area contributed by atoms with Gasteiger partial charge in [-0.2, -0.15) is 0 Å². The van der Waals surface area contributed by atoms with Crippen LogP contribution in [0.4, 0.5) is 0 Å². The molecule has 2 saturated heterocycles. The lowest BCUT2D eigenvalue weighted by Gasteiger charge is -2.47. The van der Waals surface area contributed by atoms with Crippen molar-refractivity contribution in [2.75, 3.05) is 13.2 Å². The van der Waals surface area contributed by atoms with Gasteiger partial charge < -0.3 is 69.9 Å². The van der Waals surface area contributed by atoms with Crippen LogP contribution in [0, 0.1) is 0 Å². The number of nitrogens with one attached hydrogen (secondary N) is 1. The lowest BCUT2D eigenvalue weighted by Crippen LogP contribution is -2.65. The number of amides is 1. The van der Waals surface area contributed by atoms with E-state index in [0.717, 1.165) is 6.26 Å². The number of ether oxygens (including phenoxy) is 5. The van der Waals surface area contributed by atoms with Gasteiger partial charge in [0.2, 0.25) is 5.91 Å². The van der Waals surface area contributed by atoms with E-state index in [4.69, 9.17) is 23.7 Å². The molecule has 3 rings (SSSR count). The van der Waals surface area contributed by atoms with Crippen LogP contribution in [0.15, 0.2) is 12.0 Å². The van der Waals surface area contributed by atoms with Crippen LogP contribution in [0.2, 0.25) is 0 Å². The van der Waals surface area contributed by atoms with Gasteiger partial charge in [-0.05, 0) is 6.92 Å². The Morgan fingerprint density at radius 1 is 0.857 bits per heavy atom. The Hall–Kier alpha value is -1.47. The van der Waals surface area contributed by atoms with Crippen molar-refractivity contribution >= 4 is 5.91 Å². The van der Waals surface area contributed by atoms with Gasteiger partial charge >= 0.3 is 0 Å². The van der Waals surface area contributed by atoms with E-state index in [2.05, 4.69) is 5.32 Å². The standard InChI is InChI=1S/C20H33NO14/c1-6-11(25)14(28)16(30)19(32-6)35-18-15(29)13(27)9(3-22)33-20(18)34-17-10(4-23)31-5-8(12(17)26)21-7(2)24/h5-6,9-20,22-23,25-30H,3-4H2,1-2H3,(H,21,24). The maximum Gasteiger partial charge on any atom is 0.221 e. The SMILES string of the molecule is CC(=O)NC1=COC(CO)C(OC2OC(CO)C(O)C(O)C2OC2OC(C)C(O)C(O)C2O)C1O. The number of carbonyl (C=O) groups excluding carboxylic acids is 1. The summed E-state index contributed by atoms with van der Waals surface area (Å²) in [4.78, 5) is 11.4. The monoisotopic (exact) mass is 511 g/mol. The van der Waals surface area contributed by atoms with Gasteiger partial charge in [-0.25, -0.2) is 0 Å². The molecule has 0 bridgehead atoms. The topological polar surface area (TPSA) is 237 Å². The highest BCUT2D eigenvalue weighted by Gasteiger charge is 2.52. The van der Waals surface area contributed by atoms with Crippen molar-refractivity contribution in [1.29, 1.82) is 0 Å². The molecule has 3 aliphatic rings. The lowest BCUT2D eigenvalue weighted by atomic mass is 9.97. The molecule has 13 atom stereocenters. The highest BCUT2D eigenvalue weighted by atomic mass is 16.8. The summed E-state index contributed by atoms with van der Waals surface area (Å²) >= 11 is 0. The minimum atomic E-state index is -1.78. The van der Waals surface area contributed by atoms with Gasteiger partial charge in [0.05, 0.1) is 25.0 Å². The molecule has 9 N–H and O–H groups in total. The third-order valence-corrected chi connectivity index (χ3v) is 6.08. The summed E-state index contributed by atoms with van der Waals surface area (Å²) in [5, 5.41) is 83.6. The average molecular weight is 511 g/mol. The summed E-state index contributed by atoms with van der Waals surface area (Å²) in [6.07, 6.45) is -18.5. The third kappa shape index (κ3) is 5.93. The number of hydrogen-bond acceptors (Lipinski definition) is 14. The average Bonchev–Trinajstić information content (AvgIpc) is 2.82. The second-order valence-corrected chi connectivity index (χ2v) is 8.65. The first-order valence-corrected chi connectivity index (χ1v) is 11.0. The van der Waals surface area contributed by atoms with Crippen molar-refractivity contribution in [3.05, 3.63) is 12.0 Å². The van der Waals surface area contributed by atoms with Crippen molar-refractivity contribution < 1.29 is 69.3 Å². The molecule has 1 amide bonds. The predicted molar refractivity (Wildman–Crippen MR) is 110 cm³/mol. The van der Waals surface area contributed by atoms with Crippen molar-refractivity contribution in [3.8, 4) is 0 Å². The third-order valence-electron chi connectivity index (χ3n) is 6.08. The van der Waals surface area contributed by atoms with Crippen molar-refractivity contribution in [3.63, 3.8) is 0 Å². The zero-order valence-corrected chi connectivity index (χ0v) is 19.0. The zero-order chi connectivity index (χ0) is 26.0. The summed E-state index contributed by atoms with van der Waals surface area (Å²) in [7, 11) is 0. The van der Waals surface area contributed by atoms with E-state index in [1.807, 2.05) is 0 Å². The summed E-state index contributed by atoms with van der Waals surface area (Å²) in [5.74, 6) is -0.521. The summed E-state index contributed by atoms with van der Waals surface area (Å²) < 4.78 is 27.6. The van der Waals surface area contributed by atoms with Crippen LogP contribution in [0.5, 0.6) is 0 Å². The number of rotatable bonds is 7. The van der Waals surface area contributed by atoms with Crippen molar-refractivity contribution in [2.45, 2.75) is 93.6 Å². The van der Waals surface area contributed by atoms with Crippen LogP contribution < -0.4 is 5.32 Å². The summed E-state index contributed by atoms with van der Waals surface area (Å²) in [5.41, 5.74) is -0.0864. The maximum absolute atomic E-state index is 11.4. The van der Waals surface area contributed by atoms with Gasteiger partial charge in [0.15, 0.2) is 12.6 Å². The Kier molecular flexibility index (Phi) is 9.41. The van der Waals surface area contributed by atoms with Crippen molar-refractivity contribution in [2.24, 2.45) is 0 Å². The highest BCUT2D eigenvalue weighted by Crippen LogP contribution is 2.32. The van der Waals surface area contributed by atoms with Gasteiger partial charge in [-0.3, -0.25) is 4.79 Å². The van der Waals surface area contributed by atoms with Gasteiger partial charge in [-0.15, -0.1) is 0 Å². The number of aliphatic hydroxyl groups excluding tert-OH is 8. The first-order chi connectivity index (χ1) is 16.5. The van der Waals surface area contributed by atoms with Gasteiger partial charge in [0.1, 0.15) is 67.3 Å². The molecular weight excluding hydrogens is 478 g/mol. The Morgan fingerprint density at radius 3 is 2.09 bits per heavy atom. The van der Waals surface area contributed by atoms with Crippen LogP contribution in [0.25, 0.3) is 0 Å². The van der Waals surface area contributed by atoms with Crippen LogP contribution in [0.3, 0.4) is 0 Å². The van der Waals surface area contributed by atoms with Gasteiger partial charge in [-0.1, -0.05) is 0 Å². The molecule has 0 aromatic rings. The van der Waals surface area contributed by atoms with E-state index >= 15 is 0 Å². The first kappa shape index (κ1) is 28.1. The molecule has 0 aliphatic carbocycles. The minimum absolute atomic E-state index is 0.0864. The second kappa shape index (κ2) is 11.7. The molecule has 35 heavy (non-hydrogen) atoms. The molecule has 0 aromatic heterocycles. The number of aliphatic hydroxyl groups is 8. The van der Waals surface area contributed by atoms with E-state index in [0.29, 0.717) is 0 Å². The quantitative estimate of drug-likeness (QED) is 0.155. The molecule has 3 heterocycles. The number of carbonyl (C=O) groups is 1. The van der Waals surface area contributed by atoms with Crippen LogP contribution in [0.1, 0.15) is 13.8 Å². The molecule has 0 aromatic carbocycles. The normalized spacial score (nSPS) is 46.5. The molecule has 2 fully saturated rings. The molecule has 3 aliphatic heterocycles. The van der Waals surface area contributed by atoms with Gasteiger partial charge in [0, 0.05) is 6.92 Å². The van der Waals surface area contributed by atoms with E-state index in [-0.39, 0.29) is 5.70 Å². The Bertz CT molecular complexity index is 753. The molecule has 13 unspecified atom stereocenters. The Labute approximate surface area is 200 Å². The Morgan fingerprint density at radius 2 is 1.49 bits per heavy atom. The molecule has 202 valence electrons. The van der Waals surface area contributed by atoms with Crippen LogP contribution in [-0.4, -0.2) is 140 Å². The number of hydrogen-bond donors (Lipinski definition) is 9. The zero-order valence-electron chi connectivity index (χ0n) is 19.0. The molecule has 0 saturated carbocycles. The molecule has 15 nitrogen and oxygen atoms in total. The molecule has 15 heteroatoms. The smallest absolute Gasteiger partial charge is 0.221 e. The van der Waals surface area contributed by atoms with Crippen LogP contribution >= 0.6 is 0 Å². The summed E-state index contributed by atoms with van der Waals surface area (Å²) in [6, 6.07) is 0. The lowest BCUT2D eigenvalue weighted by molar-refractivity contribution is -0.374. The maximum atomic E-state index is 11.4. The van der Waals surface area contributed by atoms with E-state index in [1.54, 1.807) is 0 Å². The van der Waals surface area contributed by atoms with E-state index in [9.17, 15) is 45.6 Å². The largest absolute Gasteiger partial charge is 0.491 e. The molecular formula is C20H33NO14. The minimum Gasteiger partial charge on any atom is -0.491 e. The van der Waals surface area contributed by atoms with E-state index < -0.39 is 98.8 Å². The highest BCUT2D eigenvalue weighted by molar-refractivity contribution is 5.75. The first-order valence-electron chi connectivity index (χ1n) is 11.0. The summed E-state index contributed by atoms with van der Waals surface area (Å²) in [6.45, 7) is 1.23. The van der Waals surface area contributed by atoms with Gasteiger partial charge in [0.25, 0.3) is 0 Å². The second-order valence-electron chi connectivity index (χ2n) is 8.65. The van der Waals surface area contributed by atoms with Crippen LogP contribution in [-0.2, 0) is 28.5 Å². The van der Waals surface area contributed by atoms with E-state index in [1.165, 1.54) is 13.8 Å². The fourth-order valence-corrected chi connectivity index (χ4v) is 4.05. The fourth-order valence-electron chi connectivity index (χ4n) is 4.05. The Balaban J connectivity index is 1.85. The van der Waals surface area contributed by atoms with Crippen molar-refractivity contribution in [1.82, 2.24) is 5.32 Å². The predicted octanol–water partition coefficient (Wildman–Crippen LogP) is -5.25. The molecule has 0 spiro atoms. The fraction of sp³-hybridized carbons (Fsp3) is 0.850.